The fourth-order valence-electron chi connectivity index (χ4n) is 8.10. The summed E-state index contributed by atoms with van der Waals surface area (Å²) in [6, 6.07) is 0. The summed E-state index contributed by atoms with van der Waals surface area (Å²) >= 11 is 0. The van der Waals surface area contributed by atoms with Crippen LogP contribution in [0.2, 0.25) is 0 Å². The van der Waals surface area contributed by atoms with Gasteiger partial charge >= 0.3 is 11.9 Å². The van der Waals surface area contributed by atoms with E-state index in [1.807, 2.05) is 6.92 Å². The number of rotatable bonds is 34. The van der Waals surface area contributed by atoms with Crippen LogP contribution in [-0.4, -0.2) is 94.3 Å². The average Bonchev–Trinajstić information content (AvgIpc) is 3.20. The molecule has 11 nitrogen and oxygen atoms in total. The molecule has 11 heteroatoms. The molecule has 0 aromatic carbocycles. The Labute approximate surface area is 346 Å². The molecule has 0 amide bonds. The van der Waals surface area contributed by atoms with Gasteiger partial charge in [0.1, 0.15) is 18.3 Å². The zero-order valence-corrected chi connectivity index (χ0v) is 36.6. The van der Waals surface area contributed by atoms with Crippen LogP contribution in [0.5, 0.6) is 0 Å². The summed E-state index contributed by atoms with van der Waals surface area (Å²) in [6.07, 6.45) is 20.7. The quantitative estimate of drug-likeness (QED) is 0.0362. The van der Waals surface area contributed by atoms with Crippen molar-refractivity contribution in [1.82, 2.24) is 0 Å². The molecule has 2 fully saturated rings. The lowest BCUT2D eigenvalue weighted by Gasteiger charge is -2.46. The molecule has 0 radical (unpaired) electrons. The van der Waals surface area contributed by atoms with E-state index in [2.05, 4.69) is 13.8 Å². The Morgan fingerprint density at radius 3 is 1.23 bits per heavy atom. The molecule has 10 atom stereocenters. The van der Waals surface area contributed by atoms with Crippen LogP contribution in [-0.2, 0) is 33.3 Å². The first kappa shape index (κ1) is 51.8. The van der Waals surface area contributed by atoms with E-state index in [9.17, 15) is 30.0 Å². The summed E-state index contributed by atoms with van der Waals surface area (Å²) < 4.78 is 30.0. The standard InChI is InChI=1S/C46H86O11/c1-5-8-10-12-14-16-18-20-22-24-26-28-30-32-38(48)55-43-42(52)36(7-3)53-46(57-45-35(4)40(50)41(51)37(34-47)54-45)44(43)56-39(49)33-31-29-27-25-23-21-19-17-15-13-11-9-6-2/h35-37,40-47,50-52H,5-34H2,1-4H3. The van der Waals surface area contributed by atoms with E-state index < -0.39 is 79.8 Å². The highest BCUT2D eigenvalue weighted by Crippen LogP contribution is 2.34. The van der Waals surface area contributed by atoms with E-state index in [0.29, 0.717) is 19.3 Å². The third kappa shape index (κ3) is 21.1. The molecule has 336 valence electrons. The fraction of sp³-hybridized carbons (Fsp3) is 0.957. The Kier molecular flexibility index (Phi) is 29.5. The topological polar surface area (TPSA) is 161 Å². The van der Waals surface area contributed by atoms with E-state index >= 15 is 0 Å². The molecule has 2 rings (SSSR count). The summed E-state index contributed by atoms with van der Waals surface area (Å²) in [5, 5.41) is 42.2. The predicted molar refractivity (Wildman–Crippen MR) is 223 cm³/mol. The molecular weight excluding hydrogens is 728 g/mol. The Morgan fingerprint density at radius 2 is 0.842 bits per heavy atom. The van der Waals surface area contributed by atoms with Crippen LogP contribution < -0.4 is 0 Å². The van der Waals surface area contributed by atoms with Gasteiger partial charge < -0.3 is 44.1 Å². The van der Waals surface area contributed by atoms with Crippen molar-refractivity contribution in [3.8, 4) is 0 Å². The van der Waals surface area contributed by atoms with Crippen LogP contribution in [0.25, 0.3) is 0 Å². The van der Waals surface area contributed by atoms with Gasteiger partial charge in [-0.25, -0.2) is 0 Å². The number of hydrogen-bond donors (Lipinski definition) is 4. The van der Waals surface area contributed by atoms with Gasteiger partial charge in [-0.3, -0.25) is 9.59 Å². The average molecular weight is 815 g/mol. The molecule has 0 saturated carbocycles. The highest BCUT2D eigenvalue weighted by atomic mass is 16.8. The van der Waals surface area contributed by atoms with Crippen LogP contribution in [0.3, 0.4) is 0 Å². The SMILES string of the molecule is CCCCCCCCCCCCCCCC(=O)OC1C(OC2OC(CO)C(O)C(O)C2C)OC(CC)C(O)C1OC(=O)CCCCCCCCCCCCCCC. The Morgan fingerprint density at radius 1 is 0.474 bits per heavy atom. The minimum absolute atomic E-state index is 0.154. The van der Waals surface area contributed by atoms with Crippen LogP contribution in [0, 0.1) is 5.92 Å². The second kappa shape index (κ2) is 32.4. The molecule has 0 aromatic heterocycles. The van der Waals surface area contributed by atoms with Gasteiger partial charge in [-0.1, -0.05) is 182 Å². The molecule has 57 heavy (non-hydrogen) atoms. The molecular formula is C46H86O11. The predicted octanol–water partition coefficient (Wildman–Crippen LogP) is 9.36. The van der Waals surface area contributed by atoms with E-state index in [0.717, 1.165) is 38.5 Å². The molecule has 2 heterocycles. The van der Waals surface area contributed by atoms with Crippen molar-refractivity contribution < 1.29 is 53.7 Å². The van der Waals surface area contributed by atoms with Crippen molar-refractivity contribution in [2.75, 3.05) is 6.61 Å². The minimum atomic E-state index is -1.32. The Balaban J connectivity index is 1.92. The van der Waals surface area contributed by atoms with Crippen molar-refractivity contribution in [3.63, 3.8) is 0 Å². The van der Waals surface area contributed by atoms with E-state index in [1.165, 1.54) is 116 Å². The first-order valence-corrected chi connectivity index (χ1v) is 23.7. The monoisotopic (exact) mass is 815 g/mol. The van der Waals surface area contributed by atoms with Gasteiger partial charge in [0.15, 0.2) is 18.5 Å². The zero-order valence-electron chi connectivity index (χ0n) is 36.6. The van der Waals surface area contributed by atoms with E-state index in [4.69, 9.17) is 23.7 Å². The molecule has 0 spiro atoms. The number of unbranched alkanes of at least 4 members (excludes halogenated alkanes) is 24. The smallest absolute Gasteiger partial charge is 0.306 e. The van der Waals surface area contributed by atoms with Gasteiger partial charge in [-0.15, -0.1) is 0 Å². The van der Waals surface area contributed by atoms with Crippen LogP contribution in [0.1, 0.15) is 214 Å². The molecule has 0 aliphatic carbocycles. The number of aliphatic hydroxyl groups is 4. The van der Waals surface area contributed by atoms with Crippen LogP contribution >= 0.6 is 0 Å². The number of hydrogen-bond acceptors (Lipinski definition) is 11. The second-order valence-corrected chi connectivity index (χ2v) is 17.0. The second-order valence-electron chi connectivity index (χ2n) is 17.0. The molecule has 4 N–H and O–H groups in total. The van der Waals surface area contributed by atoms with Gasteiger partial charge in [0.25, 0.3) is 0 Å². The van der Waals surface area contributed by atoms with Crippen molar-refractivity contribution >= 4 is 11.9 Å². The summed E-state index contributed by atoms with van der Waals surface area (Å²) in [7, 11) is 0. The summed E-state index contributed by atoms with van der Waals surface area (Å²) in [6.45, 7) is 7.38. The lowest BCUT2D eigenvalue weighted by molar-refractivity contribution is -0.368. The number of carbonyl (C=O) groups excluding carboxylic acids is 2. The third-order valence-corrected chi connectivity index (χ3v) is 12.0. The molecule has 10 unspecified atom stereocenters. The Bertz CT molecular complexity index is 995. The highest BCUT2D eigenvalue weighted by Gasteiger charge is 2.52. The number of esters is 2. The zero-order chi connectivity index (χ0) is 41.7. The first-order chi connectivity index (χ1) is 27.7. The first-order valence-electron chi connectivity index (χ1n) is 23.7. The van der Waals surface area contributed by atoms with Crippen LogP contribution in [0.15, 0.2) is 0 Å². The van der Waals surface area contributed by atoms with Crippen molar-refractivity contribution in [2.24, 2.45) is 5.92 Å². The highest BCUT2D eigenvalue weighted by molar-refractivity contribution is 5.70. The Hall–Kier alpha value is -1.34. The van der Waals surface area contributed by atoms with Gasteiger partial charge in [0, 0.05) is 18.8 Å². The van der Waals surface area contributed by atoms with E-state index in [1.54, 1.807) is 6.92 Å². The fourth-order valence-corrected chi connectivity index (χ4v) is 8.10. The molecule has 0 bridgehead atoms. The van der Waals surface area contributed by atoms with E-state index in [-0.39, 0.29) is 12.8 Å². The maximum atomic E-state index is 13.3. The summed E-state index contributed by atoms with van der Waals surface area (Å²) in [5.74, 6) is -1.74. The molecule has 2 aliphatic rings. The van der Waals surface area contributed by atoms with Crippen LogP contribution in [0.4, 0.5) is 0 Å². The summed E-state index contributed by atoms with van der Waals surface area (Å²) in [5.41, 5.74) is 0. The maximum absolute atomic E-state index is 13.3. The maximum Gasteiger partial charge on any atom is 0.306 e. The van der Waals surface area contributed by atoms with Gasteiger partial charge in [-0.05, 0) is 19.3 Å². The normalized spacial score (nSPS) is 27.7. The molecule has 2 saturated heterocycles. The number of ether oxygens (including phenoxy) is 5. The van der Waals surface area contributed by atoms with Gasteiger partial charge in [-0.2, -0.15) is 0 Å². The largest absolute Gasteiger partial charge is 0.455 e. The van der Waals surface area contributed by atoms with Crippen molar-refractivity contribution in [3.05, 3.63) is 0 Å². The number of aliphatic hydroxyl groups excluding tert-OH is 4. The molecule has 2 aliphatic heterocycles. The lowest BCUT2D eigenvalue weighted by atomic mass is 9.92. The van der Waals surface area contributed by atoms with Crippen molar-refractivity contribution in [2.45, 2.75) is 269 Å². The third-order valence-electron chi connectivity index (χ3n) is 12.0. The van der Waals surface area contributed by atoms with Gasteiger partial charge in [0.05, 0.1) is 18.8 Å². The number of carbonyl (C=O) groups is 2. The van der Waals surface area contributed by atoms with Gasteiger partial charge in [0.2, 0.25) is 6.29 Å². The summed E-state index contributed by atoms with van der Waals surface area (Å²) in [4.78, 5) is 26.5. The molecule has 0 aromatic rings. The lowest BCUT2D eigenvalue weighted by Crippen LogP contribution is -2.63. The van der Waals surface area contributed by atoms with Crippen molar-refractivity contribution in [1.29, 1.82) is 0 Å². The minimum Gasteiger partial charge on any atom is -0.455 e.